The third-order valence-corrected chi connectivity index (χ3v) is 2.54. The molecule has 0 unspecified atom stereocenters. The van der Waals surface area contributed by atoms with Gasteiger partial charge in [-0.1, -0.05) is 19.1 Å². The highest BCUT2D eigenvalue weighted by atomic mass is 16.5. The summed E-state index contributed by atoms with van der Waals surface area (Å²) >= 11 is 0. The molecule has 0 radical (unpaired) electrons. The van der Waals surface area contributed by atoms with Gasteiger partial charge in [0.1, 0.15) is 12.4 Å². The molecule has 0 aliphatic heterocycles. The van der Waals surface area contributed by atoms with Crippen molar-refractivity contribution in [2.75, 3.05) is 13.2 Å². The molecule has 0 saturated heterocycles. The lowest BCUT2D eigenvalue weighted by molar-refractivity contribution is -0.0163. The Hall–Kier alpha value is -1.06. The summed E-state index contributed by atoms with van der Waals surface area (Å²) in [5.41, 5.74) is 0.800. The third-order valence-electron chi connectivity index (χ3n) is 2.54. The maximum Gasteiger partial charge on any atom is 0.119 e. The second kappa shape index (κ2) is 6.76. The summed E-state index contributed by atoms with van der Waals surface area (Å²) in [6, 6.07) is 7.55. The third kappa shape index (κ3) is 5.52. The topological polar surface area (TPSA) is 38.7 Å². The van der Waals surface area contributed by atoms with Gasteiger partial charge in [-0.3, -0.25) is 0 Å². The van der Waals surface area contributed by atoms with Gasteiger partial charge in [0, 0.05) is 0 Å². The number of hydrogen-bond acceptors (Lipinski definition) is 3. The smallest absolute Gasteiger partial charge is 0.119 e. The van der Waals surface area contributed by atoms with E-state index in [9.17, 15) is 5.11 Å². The van der Waals surface area contributed by atoms with Crippen LogP contribution in [0.25, 0.3) is 0 Å². The van der Waals surface area contributed by atoms with Gasteiger partial charge in [-0.2, -0.15) is 0 Å². The van der Waals surface area contributed by atoms with Gasteiger partial charge in [0.25, 0.3) is 0 Å². The van der Waals surface area contributed by atoms with Gasteiger partial charge < -0.3 is 14.6 Å². The first-order chi connectivity index (χ1) is 8.42. The van der Waals surface area contributed by atoms with Crippen molar-refractivity contribution in [2.24, 2.45) is 0 Å². The van der Waals surface area contributed by atoms with Crippen LogP contribution in [0.3, 0.4) is 0 Å². The quantitative estimate of drug-likeness (QED) is 0.789. The molecular weight excluding hydrogens is 228 g/mol. The lowest BCUT2D eigenvalue weighted by Gasteiger charge is -2.19. The Labute approximate surface area is 110 Å². The minimum atomic E-state index is -0.386. The van der Waals surface area contributed by atoms with Crippen LogP contribution in [0.15, 0.2) is 24.3 Å². The molecule has 0 aliphatic carbocycles. The van der Waals surface area contributed by atoms with E-state index in [1.807, 2.05) is 52.0 Å². The Balaban J connectivity index is 2.35. The SMILES string of the molecule is CC[C@@H](O)c1ccc(OCCOC(C)(C)C)cc1. The Bertz CT molecular complexity index is 338. The average Bonchev–Trinajstić information content (AvgIpc) is 2.33. The molecule has 3 heteroatoms. The number of aliphatic hydroxyl groups excluding tert-OH is 1. The molecule has 1 N–H and O–H groups in total. The van der Waals surface area contributed by atoms with E-state index in [0.29, 0.717) is 13.2 Å². The van der Waals surface area contributed by atoms with Crippen LogP contribution in [0.5, 0.6) is 5.75 Å². The summed E-state index contributed by atoms with van der Waals surface area (Å²) in [5.74, 6) is 0.805. The van der Waals surface area contributed by atoms with Gasteiger partial charge in [-0.25, -0.2) is 0 Å². The van der Waals surface area contributed by atoms with Crippen LogP contribution >= 0.6 is 0 Å². The van der Waals surface area contributed by atoms with E-state index >= 15 is 0 Å². The van der Waals surface area contributed by atoms with Crippen molar-refractivity contribution in [1.29, 1.82) is 0 Å². The molecule has 18 heavy (non-hydrogen) atoms. The van der Waals surface area contributed by atoms with Gasteiger partial charge in [0.2, 0.25) is 0 Å². The second-order valence-electron chi connectivity index (χ2n) is 5.30. The van der Waals surface area contributed by atoms with Crippen LogP contribution < -0.4 is 4.74 Å². The van der Waals surface area contributed by atoms with Crippen molar-refractivity contribution in [2.45, 2.75) is 45.8 Å². The van der Waals surface area contributed by atoms with E-state index in [-0.39, 0.29) is 11.7 Å². The monoisotopic (exact) mass is 252 g/mol. The molecule has 0 aliphatic rings. The van der Waals surface area contributed by atoms with E-state index in [2.05, 4.69) is 0 Å². The second-order valence-corrected chi connectivity index (χ2v) is 5.30. The van der Waals surface area contributed by atoms with Crippen LogP contribution in [0.4, 0.5) is 0 Å². The summed E-state index contributed by atoms with van der Waals surface area (Å²) in [7, 11) is 0. The zero-order valence-corrected chi connectivity index (χ0v) is 11.8. The van der Waals surface area contributed by atoms with Crippen molar-refractivity contribution in [3.8, 4) is 5.75 Å². The molecule has 0 aromatic heterocycles. The molecule has 0 saturated carbocycles. The number of ether oxygens (including phenoxy) is 2. The molecular formula is C15H24O3. The van der Waals surface area contributed by atoms with Crippen molar-refractivity contribution in [1.82, 2.24) is 0 Å². The van der Waals surface area contributed by atoms with Crippen molar-refractivity contribution in [3.05, 3.63) is 29.8 Å². The Morgan fingerprint density at radius 2 is 1.72 bits per heavy atom. The largest absolute Gasteiger partial charge is 0.491 e. The first-order valence-electron chi connectivity index (χ1n) is 6.47. The first kappa shape index (κ1) is 15.0. The maximum atomic E-state index is 9.66. The molecule has 0 amide bonds. The highest BCUT2D eigenvalue weighted by Gasteiger charge is 2.09. The molecule has 1 atom stereocenters. The zero-order chi connectivity index (χ0) is 13.6. The number of benzene rings is 1. The Morgan fingerprint density at radius 3 is 2.22 bits per heavy atom. The maximum absolute atomic E-state index is 9.66. The molecule has 0 bridgehead atoms. The Morgan fingerprint density at radius 1 is 1.11 bits per heavy atom. The Kier molecular flexibility index (Phi) is 5.63. The lowest BCUT2D eigenvalue weighted by Crippen LogP contribution is -2.22. The summed E-state index contributed by atoms with van der Waals surface area (Å²) in [6.07, 6.45) is 0.336. The van der Waals surface area contributed by atoms with Gasteiger partial charge in [0.05, 0.1) is 18.3 Å². The molecule has 3 nitrogen and oxygen atoms in total. The van der Waals surface area contributed by atoms with Crippen LogP contribution in [-0.2, 0) is 4.74 Å². The summed E-state index contributed by atoms with van der Waals surface area (Å²) in [6.45, 7) is 9.13. The fourth-order valence-electron chi connectivity index (χ4n) is 1.53. The van der Waals surface area contributed by atoms with Gasteiger partial charge >= 0.3 is 0 Å². The zero-order valence-electron chi connectivity index (χ0n) is 11.8. The van der Waals surface area contributed by atoms with Crippen molar-refractivity contribution in [3.63, 3.8) is 0 Å². The van der Waals surface area contributed by atoms with Gasteiger partial charge in [-0.05, 0) is 44.9 Å². The standard InChI is InChI=1S/C15H24O3/c1-5-14(16)12-6-8-13(9-7-12)17-10-11-18-15(2,3)4/h6-9,14,16H,5,10-11H2,1-4H3/t14-/m1/s1. The van der Waals surface area contributed by atoms with Crippen molar-refractivity contribution >= 4 is 0 Å². The van der Waals surface area contributed by atoms with Gasteiger partial charge in [-0.15, -0.1) is 0 Å². The molecule has 0 heterocycles. The summed E-state index contributed by atoms with van der Waals surface area (Å²) in [4.78, 5) is 0. The fraction of sp³-hybridized carbons (Fsp3) is 0.600. The highest BCUT2D eigenvalue weighted by molar-refractivity contribution is 5.28. The summed E-state index contributed by atoms with van der Waals surface area (Å²) < 4.78 is 11.1. The van der Waals surface area contributed by atoms with E-state index in [1.165, 1.54) is 0 Å². The average molecular weight is 252 g/mol. The first-order valence-corrected chi connectivity index (χ1v) is 6.47. The molecule has 1 rings (SSSR count). The number of aliphatic hydroxyl groups is 1. The number of hydrogen-bond donors (Lipinski definition) is 1. The molecule has 1 aromatic carbocycles. The van der Waals surface area contributed by atoms with Crippen LogP contribution in [-0.4, -0.2) is 23.9 Å². The minimum Gasteiger partial charge on any atom is -0.491 e. The summed E-state index contributed by atoms with van der Waals surface area (Å²) in [5, 5.41) is 9.66. The van der Waals surface area contributed by atoms with E-state index in [4.69, 9.17) is 9.47 Å². The highest BCUT2D eigenvalue weighted by Crippen LogP contribution is 2.19. The van der Waals surface area contributed by atoms with E-state index < -0.39 is 0 Å². The van der Waals surface area contributed by atoms with Crippen LogP contribution in [0, 0.1) is 0 Å². The normalized spacial score (nSPS) is 13.4. The number of rotatable bonds is 6. The molecule has 1 aromatic rings. The van der Waals surface area contributed by atoms with E-state index in [1.54, 1.807) is 0 Å². The van der Waals surface area contributed by atoms with E-state index in [0.717, 1.165) is 17.7 Å². The molecule has 0 fully saturated rings. The fourth-order valence-corrected chi connectivity index (χ4v) is 1.53. The molecule has 0 spiro atoms. The lowest BCUT2D eigenvalue weighted by atomic mass is 10.1. The molecule has 102 valence electrons. The van der Waals surface area contributed by atoms with Crippen LogP contribution in [0.1, 0.15) is 45.8 Å². The minimum absolute atomic E-state index is 0.127. The van der Waals surface area contributed by atoms with Crippen LogP contribution in [0.2, 0.25) is 0 Å². The predicted octanol–water partition coefficient (Wildman–Crippen LogP) is 3.32. The van der Waals surface area contributed by atoms with Gasteiger partial charge in [0.15, 0.2) is 0 Å². The van der Waals surface area contributed by atoms with Crippen molar-refractivity contribution < 1.29 is 14.6 Å². The predicted molar refractivity (Wildman–Crippen MR) is 72.9 cm³/mol.